The van der Waals surface area contributed by atoms with Crippen molar-refractivity contribution in [2.45, 2.75) is 6.92 Å². The molecule has 84 valence electrons. The molecule has 0 bridgehead atoms. The fourth-order valence-corrected chi connectivity index (χ4v) is 1.41. The van der Waals surface area contributed by atoms with Gasteiger partial charge in [0.25, 0.3) is 0 Å². The summed E-state index contributed by atoms with van der Waals surface area (Å²) in [5.41, 5.74) is 0.142. The second-order valence-corrected chi connectivity index (χ2v) is 3.19. The van der Waals surface area contributed by atoms with Crippen LogP contribution in [0.1, 0.15) is 18.9 Å². The van der Waals surface area contributed by atoms with Crippen LogP contribution in [0.15, 0.2) is 39.5 Å². The number of carbonyl (C=O) groups is 1. The molecule has 1 heterocycles. The van der Waals surface area contributed by atoms with E-state index in [2.05, 4.69) is 0 Å². The summed E-state index contributed by atoms with van der Waals surface area (Å²) in [6.45, 7) is 1.94. The Labute approximate surface area is 121 Å². The first kappa shape index (κ1) is 14.0. The zero-order valence-corrected chi connectivity index (χ0v) is 11.7. The number of hydrogen-bond donors (Lipinski definition) is 0. The van der Waals surface area contributed by atoms with Crippen molar-refractivity contribution in [3.8, 4) is 0 Å². The summed E-state index contributed by atoms with van der Waals surface area (Å²) < 4.78 is 10.0. The van der Waals surface area contributed by atoms with E-state index in [4.69, 9.17) is 9.15 Å². The molecule has 1 aromatic carbocycles. The first-order valence-corrected chi connectivity index (χ1v) is 4.92. The van der Waals surface area contributed by atoms with E-state index in [9.17, 15) is 9.59 Å². The minimum atomic E-state index is -0.620. The van der Waals surface area contributed by atoms with E-state index in [1.165, 1.54) is 0 Å². The van der Waals surface area contributed by atoms with Gasteiger partial charge in [-0.3, -0.25) is 4.79 Å². The fraction of sp³-hybridized carbons (Fsp3) is 0.167. The standard InChI is InChI=1S/C12H10O4.Na.H/c1-2-15-12(14)11-7-9(13)8-5-3-4-6-10(8)16-11;;/h3-7H,2H2,1H3;;/q;+1;-1. The Morgan fingerprint density at radius 1 is 1.41 bits per heavy atom. The van der Waals surface area contributed by atoms with Gasteiger partial charge in [-0.2, -0.15) is 0 Å². The third-order valence-corrected chi connectivity index (χ3v) is 2.11. The number of para-hydroxylation sites is 1. The predicted molar refractivity (Wildman–Crippen MR) is 59.6 cm³/mol. The van der Waals surface area contributed by atoms with Crippen LogP contribution in [0.3, 0.4) is 0 Å². The summed E-state index contributed by atoms with van der Waals surface area (Å²) in [6.07, 6.45) is 0. The molecule has 0 radical (unpaired) electrons. The summed E-state index contributed by atoms with van der Waals surface area (Å²) in [5, 5.41) is 0.454. The Bertz CT molecular complexity index is 594. The summed E-state index contributed by atoms with van der Waals surface area (Å²) in [5.74, 6) is -0.684. The summed E-state index contributed by atoms with van der Waals surface area (Å²) in [6, 6.07) is 7.92. The molecule has 0 fully saturated rings. The van der Waals surface area contributed by atoms with E-state index in [-0.39, 0.29) is 48.8 Å². The predicted octanol–water partition coefficient (Wildman–Crippen LogP) is -0.914. The molecule has 0 aliphatic heterocycles. The van der Waals surface area contributed by atoms with Crippen molar-refractivity contribution in [3.63, 3.8) is 0 Å². The number of fused-ring (bicyclic) bond motifs is 1. The van der Waals surface area contributed by atoms with E-state index < -0.39 is 5.97 Å². The largest absolute Gasteiger partial charge is 1.00 e. The molecular weight excluding hydrogens is 231 g/mol. The van der Waals surface area contributed by atoms with E-state index in [1.807, 2.05) is 0 Å². The van der Waals surface area contributed by atoms with E-state index in [0.29, 0.717) is 11.0 Å². The maximum atomic E-state index is 11.6. The maximum absolute atomic E-state index is 11.6. The van der Waals surface area contributed by atoms with Crippen molar-refractivity contribution < 1.29 is 44.9 Å². The van der Waals surface area contributed by atoms with Crippen molar-refractivity contribution in [2.24, 2.45) is 0 Å². The molecule has 0 aliphatic carbocycles. The van der Waals surface area contributed by atoms with Crippen molar-refractivity contribution in [1.29, 1.82) is 0 Å². The number of esters is 1. The van der Waals surface area contributed by atoms with Gasteiger partial charge < -0.3 is 10.6 Å². The Balaban J connectivity index is 0.00000144. The topological polar surface area (TPSA) is 56.5 Å². The second-order valence-electron chi connectivity index (χ2n) is 3.19. The first-order chi connectivity index (χ1) is 7.72. The molecule has 0 aliphatic rings. The first-order valence-electron chi connectivity index (χ1n) is 4.92. The quantitative estimate of drug-likeness (QED) is 0.505. The smallest absolute Gasteiger partial charge is 1.00 e. The molecule has 0 atom stereocenters. The molecule has 2 rings (SSSR count). The SMILES string of the molecule is CCOC(=O)c1cc(=O)c2ccccc2o1.[H-].[Na+]. The Hall–Kier alpha value is -1.10. The summed E-state index contributed by atoms with van der Waals surface area (Å²) in [7, 11) is 0. The number of ether oxygens (including phenoxy) is 1. The van der Waals surface area contributed by atoms with Crippen LogP contribution in [0.4, 0.5) is 0 Å². The number of carbonyl (C=O) groups excluding carboxylic acids is 1. The third-order valence-electron chi connectivity index (χ3n) is 2.11. The molecule has 0 amide bonds. The van der Waals surface area contributed by atoms with Crippen LogP contribution >= 0.6 is 0 Å². The van der Waals surface area contributed by atoms with Crippen LogP contribution < -0.4 is 35.0 Å². The van der Waals surface area contributed by atoms with Crippen molar-refractivity contribution >= 4 is 16.9 Å². The third kappa shape index (κ3) is 2.97. The molecule has 1 aromatic heterocycles. The summed E-state index contributed by atoms with van der Waals surface area (Å²) in [4.78, 5) is 23.0. The van der Waals surface area contributed by atoms with Gasteiger partial charge in [0.2, 0.25) is 5.76 Å². The van der Waals surface area contributed by atoms with Gasteiger partial charge in [-0.05, 0) is 19.1 Å². The number of rotatable bonds is 2. The Morgan fingerprint density at radius 2 is 2.12 bits per heavy atom. The molecule has 0 N–H and O–H groups in total. The monoisotopic (exact) mass is 242 g/mol. The van der Waals surface area contributed by atoms with Crippen molar-refractivity contribution in [1.82, 2.24) is 0 Å². The number of benzene rings is 1. The van der Waals surface area contributed by atoms with Crippen molar-refractivity contribution in [2.75, 3.05) is 6.61 Å². The average molecular weight is 242 g/mol. The van der Waals surface area contributed by atoms with Gasteiger partial charge in [0.05, 0.1) is 12.0 Å². The van der Waals surface area contributed by atoms with Crippen LogP contribution in [0.25, 0.3) is 11.0 Å². The summed E-state index contributed by atoms with van der Waals surface area (Å²) >= 11 is 0. The van der Waals surface area contributed by atoms with Crippen LogP contribution in [-0.2, 0) is 4.74 Å². The molecule has 0 unspecified atom stereocenters. The average Bonchev–Trinajstić information content (AvgIpc) is 2.29. The van der Waals surface area contributed by atoms with Gasteiger partial charge in [-0.1, -0.05) is 12.1 Å². The van der Waals surface area contributed by atoms with Gasteiger partial charge in [0.1, 0.15) is 5.58 Å². The molecule has 0 spiro atoms. The van der Waals surface area contributed by atoms with Gasteiger partial charge in [-0.15, -0.1) is 0 Å². The molecule has 5 heteroatoms. The molecule has 2 aromatic rings. The molecular formula is C12H11NaO4. The van der Waals surface area contributed by atoms with Crippen LogP contribution in [0, 0.1) is 0 Å². The minimum Gasteiger partial charge on any atom is -1.00 e. The number of hydrogen-bond acceptors (Lipinski definition) is 4. The minimum absolute atomic E-state index is 0. The van der Waals surface area contributed by atoms with Crippen molar-refractivity contribution in [3.05, 3.63) is 46.3 Å². The van der Waals surface area contributed by atoms with E-state index >= 15 is 0 Å². The van der Waals surface area contributed by atoms with Gasteiger partial charge in [-0.25, -0.2) is 4.79 Å². The molecule has 0 saturated heterocycles. The zero-order chi connectivity index (χ0) is 11.5. The van der Waals surface area contributed by atoms with Gasteiger partial charge in [0, 0.05) is 6.07 Å². The zero-order valence-electron chi connectivity index (χ0n) is 10.7. The van der Waals surface area contributed by atoms with E-state index in [1.54, 1.807) is 31.2 Å². The van der Waals surface area contributed by atoms with Crippen LogP contribution in [0.5, 0.6) is 0 Å². The second kappa shape index (κ2) is 6.00. The van der Waals surface area contributed by atoms with Crippen LogP contribution in [0.2, 0.25) is 0 Å². The molecule has 17 heavy (non-hydrogen) atoms. The Kier molecular flexibility index (Phi) is 4.93. The van der Waals surface area contributed by atoms with Gasteiger partial charge >= 0.3 is 35.5 Å². The Morgan fingerprint density at radius 3 is 2.82 bits per heavy atom. The maximum Gasteiger partial charge on any atom is 1.00 e. The van der Waals surface area contributed by atoms with Crippen LogP contribution in [-0.4, -0.2) is 12.6 Å². The fourth-order valence-electron chi connectivity index (χ4n) is 1.41. The normalized spacial score (nSPS) is 9.71. The molecule has 0 saturated carbocycles. The van der Waals surface area contributed by atoms with Gasteiger partial charge in [0.15, 0.2) is 5.43 Å². The molecule has 4 nitrogen and oxygen atoms in total. The van der Waals surface area contributed by atoms with E-state index in [0.717, 1.165) is 6.07 Å².